The molecule has 0 bridgehead atoms. The molecule has 0 radical (unpaired) electrons. The first-order valence-electron chi connectivity index (χ1n) is 3.42. The van der Waals surface area contributed by atoms with Crippen molar-refractivity contribution in [2.75, 3.05) is 6.61 Å². The second kappa shape index (κ2) is 3.11. The van der Waals surface area contributed by atoms with E-state index in [1.165, 1.54) is 0 Å². The Morgan fingerprint density at radius 2 is 2.31 bits per heavy atom. The van der Waals surface area contributed by atoms with Gasteiger partial charge >= 0.3 is 16.4 Å². The quantitative estimate of drug-likeness (QED) is 0.661. The number of alkyl halides is 1. The number of carbonyl (C=O) groups is 1. The van der Waals surface area contributed by atoms with Crippen molar-refractivity contribution < 1.29 is 26.9 Å². The minimum Gasteiger partial charge on any atom is -0.464 e. The van der Waals surface area contributed by atoms with Gasteiger partial charge in [0.2, 0.25) is 0 Å². The summed E-state index contributed by atoms with van der Waals surface area (Å²) in [5, 5.41) is 8.47. The van der Waals surface area contributed by atoms with E-state index in [4.69, 9.17) is 5.11 Å². The Bertz CT molecular complexity index is 313. The van der Waals surface area contributed by atoms with E-state index in [0.717, 1.165) is 6.92 Å². The van der Waals surface area contributed by atoms with Crippen molar-refractivity contribution in [3.63, 3.8) is 0 Å². The molecular formula is C5H8FNO5S. The van der Waals surface area contributed by atoms with E-state index in [9.17, 15) is 17.6 Å². The van der Waals surface area contributed by atoms with Crippen LogP contribution in [-0.4, -0.2) is 42.7 Å². The third-order valence-corrected chi connectivity index (χ3v) is 2.99. The molecule has 13 heavy (non-hydrogen) atoms. The van der Waals surface area contributed by atoms with Crippen molar-refractivity contribution >= 4 is 16.4 Å². The largest absolute Gasteiger partial charge is 0.464 e. The van der Waals surface area contributed by atoms with E-state index in [1.54, 1.807) is 0 Å². The molecule has 0 aromatic carbocycles. The Morgan fingerprint density at radius 1 is 1.77 bits per heavy atom. The molecule has 1 N–H and O–H groups in total. The molecule has 1 aliphatic rings. The van der Waals surface area contributed by atoms with Crippen LogP contribution in [0.1, 0.15) is 6.92 Å². The summed E-state index contributed by atoms with van der Waals surface area (Å²) in [6.45, 7) is 0.608. The number of hydrogen-bond donors (Lipinski definition) is 1. The lowest BCUT2D eigenvalue weighted by Crippen LogP contribution is -2.42. The highest BCUT2D eigenvalue weighted by molar-refractivity contribution is 7.85. The molecule has 2 atom stereocenters. The maximum Gasteiger partial charge on any atom is 0.423 e. The first-order chi connectivity index (χ1) is 5.86. The van der Waals surface area contributed by atoms with E-state index < -0.39 is 35.2 Å². The Hall–Kier alpha value is -0.890. The summed E-state index contributed by atoms with van der Waals surface area (Å²) < 4.78 is 38.6. The zero-order chi connectivity index (χ0) is 10.2. The molecule has 1 heterocycles. The molecule has 1 rings (SSSR count). The van der Waals surface area contributed by atoms with Gasteiger partial charge in [-0.25, -0.2) is 9.18 Å². The van der Waals surface area contributed by atoms with Crippen molar-refractivity contribution in [2.45, 2.75) is 19.1 Å². The molecule has 8 heteroatoms. The SMILES string of the molecule is C[C@H](F)C1COS(=O)(=O)N1C(=O)O. The van der Waals surface area contributed by atoms with Crippen molar-refractivity contribution in [3.8, 4) is 0 Å². The Kier molecular flexibility index (Phi) is 2.44. The van der Waals surface area contributed by atoms with Gasteiger partial charge in [0.25, 0.3) is 0 Å². The summed E-state index contributed by atoms with van der Waals surface area (Å²) in [6.07, 6.45) is -3.32. The van der Waals surface area contributed by atoms with Gasteiger partial charge in [0.05, 0.1) is 6.61 Å². The van der Waals surface area contributed by atoms with Gasteiger partial charge in [0.1, 0.15) is 12.2 Å². The van der Waals surface area contributed by atoms with Gasteiger partial charge < -0.3 is 5.11 Å². The molecule has 1 aliphatic heterocycles. The van der Waals surface area contributed by atoms with Crippen LogP contribution in [-0.2, 0) is 14.5 Å². The number of nitrogens with zero attached hydrogens (tertiary/aromatic N) is 1. The topological polar surface area (TPSA) is 83.9 Å². The van der Waals surface area contributed by atoms with Crippen molar-refractivity contribution in [1.29, 1.82) is 0 Å². The van der Waals surface area contributed by atoms with Gasteiger partial charge in [0, 0.05) is 0 Å². The molecule has 1 fully saturated rings. The summed E-state index contributed by atoms with van der Waals surface area (Å²) in [4.78, 5) is 10.4. The van der Waals surface area contributed by atoms with Crippen LogP contribution in [0.2, 0.25) is 0 Å². The number of hydrogen-bond acceptors (Lipinski definition) is 4. The van der Waals surface area contributed by atoms with Crippen LogP contribution >= 0.6 is 0 Å². The zero-order valence-electron chi connectivity index (χ0n) is 6.68. The lowest BCUT2D eigenvalue weighted by Gasteiger charge is -2.17. The van der Waals surface area contributed by atoms with E-state index in [0.29, 0.717) is 0 Å². The monoisotopic (exact) mass is 213 g/mol. The summed E-state index contributed by atoms with van der Waals surface area (Å²) >= 11 is 0. The van der Waals surface area contributed by atoms with Crippen LogP contribution in [0.15, 0.2) is 0 Å². The fourth-order valence-electron chi connectivity index (χ4n) is 1.00. The van der Waals surface area contributed by atoms with Crippen LogP contribution < -0.4 is 0 Å². The van der Waals surface area contributed by atoms with E-state index in [1.807, 2.05) is 0 Å². The summed E-state index contributed by atoms with van der Waals surface area (Å²) in [7, 11) is -4.29. The maximum atomic E-state index is 12.7. The molecule has 1 unspecified atom stereocenters. The van der Waals surface area contributed by atoms with Gasteiger partial charge in [-0.2, -0.15) is 12.7 Å². The lowest BCUT2D eigenvalue weighted by atomic mass is 10.2. The molecule has 0 saturated carbocycles. The van der Waals surface area contributed by atoms with Gasteiger partial charge in [0.15, 0.2) is 0 Å². The number of carboxylic acid groups (broad SMARTS) is 1. The molecule has 1 saturated heterocycles. The van der Waals surface area contributed by atoms with E-state index in [2.05, 4.69) is 4.18 Å². The third kappa shape index (κ3) is 1.73. The minimum absolute atomic E-state index is 0.00231. The van der Waals surface area contributed by atoms with Crippen LogP contribution in [0.3, 0.4) is 0 Å². The fourth-order valence-corrected chi connectivity index (χ4v) is 2.18. The highest BCUT2D eigenvalue weighted by Gasteiger charge is 2.45. The van der Waals surface area contributed by atoms with Crippen molar-refractivity contribution in [3.05, 3.63) is 0 Å². The van der Waals surface area contributed by atoms with Gasteiger partial charge in [-0.1, -0.05) is 0 Å². The number of amides is 1. The molecule has 0 aromatic rings. The smallest absolute Gasteiger partial charge is 0.423 e. The van der Waals surface area contributed by atoms with Crippen LogP contribution in [0, 0.1) is 0 Å². The third-order valence-electron chi connectivity index (χ3n) is 1.65. The molecule has 0 spiro atoms. The standard InChI is InChI=1S/C5H8FNO5S/c1-3(6)4-2-12-13(10,11)7(4)5(8)9/h3-4H,2H2,1H3,(H,8,9)/t3-,4?/m0/s1. The first-order valence-corrected chi connectivity index (χ1v) is 4.78. The molecule has 6 nitrogen and oxygen atoms in total. The first kappa shape index (κ1) is 10.2. The molecular weight excluding hydrogens is 205 g/mol. The second-order valence-electron chi connectivity index (χ2n) is 2.57. The average molecular weight is 213 g/mol. The van der Waals surface area contributed by atoms with Crippen LogP contribution in [0.4, 0.5) is 9.18 Å². The fraction of sp³-hybridized carbons (Fsp3) is 0.800. The normalized spacial score (nSPS) is 28.8. The van der Waals surface area contributed by atoms with E-state index >= 15 is 0 Å². The van der Waals surface area contributed by atoms with Gasteiger partial charge in [-0.05, 0) is 6.92 Å². The number of halogens is 1. The summed E-state index contributed by atoms with van der Waals surface area (Å²) in [5.41, 5.74) is 0. The molecule has 1 amide bonds. The zero-order valence-corrected chi connectivity index (χ0v) is 7.49. The predicted octanol–water partition coefficient (Wildman–Crippen LogP) is -0.0320. The minimum atomic E-state index is -4.29. The Balaban J connectivity index is 3.00. The van der Waals surface area contributed by atoms with Gasteiger partial charge in [-0.3, -0.25) is 4.18 Å². The lowest BCUT2D eigenvalue weighted by molar-refractivity contribution is 0.142. The second-order valence-corrected chi connectivity index (χ2v) is 4.05. The van der Waals surface area contributed by atoms with Crippen molar-refractivity contribution in [2.24, 2.45) is 0 Å². The van der Waals surface area contributed by atoms with Crippen molar-refractivity contribution in [1.82, 2.24) is 4.31 Å². The van der Waals surface area contributed by atoms with E-state index in [-0.39, 0.29) is 4.31 Å². The summed E-state index contributed by atoms with van der Waals surface area (Å²) in [6, 6.07) is -1.28. The molecule has 0 aliphatic carbocycles. The van der Waals surface area contributed by atoms with Gasteiger partial charge in [-0.15, -0.1) is 0 Å². The molecule has 76 valence electrons. The highest BCUT2D eigenvalue weighted by Crippen LogP contribution is 2.22. The molecule has 0 aromatic heterocycles. The summed E-state index contributed by atoms with van der Waals surface area (Å²) in [5.74, 6) is 0. The number of rotatable bonds is 1. The van der Waals surface area contributed by atoms with Crippen LogP contribution in [0.25, 0.3) is 0 Å². The highest BCUT2D eigenvalue weighted by atomic mass is 32.2. The average Bonchev–Trinajstić information content (AvgIpc) is 2.24. The predicted molar refractivity (Wildman–Crippen MR) is 39.1 cm³/mol. The van der Waals surface area contributed by atoms with Crippen LogP contribution in [0.5, 0.6) is 0 Å². The Morgan fingerprint density at radius 3 is 2.62 bits per heavy atom. The maximum absolute atomic E-state index is 12.7. The Labute approximate surface area is 74.2 Å².